The van der Waals surface area contributed by atoms with E-state index < -0.39 is 18.7 Å². The average Bonchev–Trinajstić information content (AvgIpc) is 2.83. The molecule has 5 nitrogen and oxygen atoms in total. The Labute approximate surface area is 111 Å². The maximum Gasteiger partial charge on any atom is 0.411 e. The molecule has 1 amide bonds. The molecule has 0 fully saturated rings. The van der Waals surface area contributed by atoms with Crippen LogP contribution in [0.5, 0.6) is 0 Å². The number of alkyl halides is 3. The zero-order valence-electron chi connectivity index (χ0n) is 10.2. The first-order chi connectivity index (χ1) is 9.46. The van der Waals surface area contributed by atoms with Gasteiger partial charge in [-0.15, -0.1) is 0 Å². The van der Waals surface area contributed by atoms with Crippen LogP contribution in [0.15, 0.2) is 29.0 Å². The normalized spacial score (nSPS) is 11.8. The van der Waals surface area contributed by atoms with Crippen LogP contribution in [-0.2, 0) is 4.74 Å². The van der Waals surface area contributed by atoms with Gasteiger partial charge in [-0.25, -0.2) is 4.98 Å². The van der Waals surface area contributed by atoms with Crippen molar-refractivity contribution >= 4 is 17.0 Å². The number of nitrogens with one attached hydrogen (secondary N) is 1. The fraction of sp³-hybridized carbons (Fsp3) is 0.333. The molecule has 0 aliphatic rings. The molecule has 0 spiro atoms. The van der Waals surface area contributed by atoms with Crippen molar-refractivity contribution in [1.29, 1.82) is 0 Å². The molecule has 8 heteroatoms. The molecule has 0 atom stereocenters. The van der Waals surface area contributed by atoms with Crippen molar-refractivity contribution in [1.82, 2.24) is 10.3 Å². The number of aromatic nitrogens is 1. The third-order valence-electron chi connectivity index (χ3n) is 2.39. The summed E-state index contributed by atoms with van der Waals surface area (Å²) >= 11 is 0. The van der Waals surface area contributed by atoms with Crippen molar-refractivity contribution in [3.05, 3.63) is 30.2 Å². The molecule has 108 valence electrons. The van der Waals surface area contributed by atoms with Gasteiger partial charge in [0, 0.05) is 12.1 Å². The predicted molar refractivity (Wildman–Crippen MR) is 63.2 cm³/mol. The molecule has 0 saturated carbocycles. The molecular weight excluding hydrogens is 277 g/mol. The van der Waals surface area contributed by atoms with Crippen LogP contribution in [0, 0.1) is 0 Å². The summed E-state index contributed by atoms with van der Waals surface area (Å²) in [5.41, 5.74) is 1.43. The summed E-state index contributed by atoms with van der Waals surface area (Å²) in [4.78, 5) is 15.6. The van der Waals surface area contributed by atoms with Crippen molar-refractivity contribution in [2.24, 2.45) is 0 Å². The summed E-state index contributed by atoms with van der Waals surface area (Å²) in [6, 6.07) is 4.67. The van der Waals surface area contributed by atoms with Gasteiger partial charge in [0.25, 0.3) is 5.91 Å². The molecule has 2 rings (SSSR count). The standard InChI is InChI=1S/C12H11F3N2O3/c13-12(14,15)6-19-4-3-16-11(18)8-1-2-10-9(5-8)17-7-20-10/h1-2,5,7H,3-4,6H2,(H,16,18). The minimum absolute atomic E-state index is 0.00817. The molecule has 2 aromatic rings. The zero-order valence-corrected chi connectivity index (χ0v) is 10.2. The van der Waals surface area contributed by atoms with Gasteiger partial charge in [0.05, 0.1) is 6.61 Å². The van der Waals surface area contributed by atoms with Gasteiger partial charge < -0.3 is 14.5 Å². The summed E-state index contributed by atoms with van der Waals surface area (Å²) in [5.74, 6) is -0.412. The Bertz CT molecular complexity index is 595. The third kappa shape index (κ3) is 3.95. The van der Waals surface area contributed by atoms with Gasteiger partial charge in [-0.3, -0.25) is 4.79 Å². The van der Waals surface area contributed by atoms with E-state index in [1.807, 2.05) is 0 Å². The monoisotopic (exact) mass is 288 g/mol. The van der Waals surface area contributed by atoms with Gasteiger partial charge in [-0.05, 0) is 18.2 Å². The van der Waals surface area contributed by atoms with E-state index in [-0.39, 0.29) is 13.2 Å². The van der Waals surface area contributed by atoms with Crippen LogP contribution in [0.4, 0.5) is 13.2 Å². The Balaban J connectivity index is 1.80. The van der Waals surface area contributed by atoms with Crippen molar-refractivity contribution in [2.75, 3.05) is 19.8 Å². The molecule has 0 unspecified atom stereocenters. The summed E-state index contributed by atoms with van der Waals surface area (Å²) in [6.07, 6.45) is -3.10. The summed E-state index contributed by atoms with van der Waals surface area (Å²) in [5, 5.41) is 2.45. The number of rotatable bonds is 5. The van der Waals surface area contributed by atoms with E-state index in [0.717, 1.165) is 0 Å². The molecule has 0 bridgehead atoms. The molecule has 1 heterocycles. The van der Waals surface area contributed by atoms with Crippen LogP contribution in [0.25, 0.3) is 11.1 Å². The number of benzene rings is 1. The molecule has 0 saturated heterocycles. The van der Waals surface area contributed by atoms with E-state index in [1.54, 1.807) is 12.1 Å². The van der Waals surface area contributed by atoms with Crippen molar-refractivity contribution in [3.63, 3.8) is 0 Å². The number of carbonyl (C=O) groups is 1. The summed E-state index contributed by atoms with van der Waals surface area (Å²) < 4.78 is 44.8. The molecule has 0 aliphatic heterocycles. The lowest BCUT2D eigenvalue weighted by Crippen LogP contribution is -2.28. The van der Waals surface area contributed by atoms with Gasteiger partial charge in [0.15, 0.2) is 12.0 Å². The molecule has 0 aliphatic carbocycles. The van der Waals surface area contributed by atoms with Crippen LogP contribution in [-0.4, -0.2) is 36.8 Å². The first-order valence-electron chi connectivity index (χ1n) is 5.72. The van der Waals surface area contributed by atoms with E-state index in [9.17, 15) is 18.0 Å². The van der Waals surface area contributed by atoms with E-state index in [4.69, 9.17) is 4.42 Å². The second-order valence-electron chi connectivity index (χ2n) is 3.96. The topological polar surface area (TPSA) is 64.4 Å². The van der Waals surface area contributed by atoms with Crippen molar-refractivity contribution in [2.45, 2.75) is 6.18 Å². The first kappa shape index (κ1) is 14.3. The summed E-state index contributed by atoms with van der Waals surface area (Å²) in [7, 11) is 0. The quantitative estimate of drug-likeness (QED) is 0.856. The number of oxazole rings is 1. The highest BCUT2D eigenvalue weighted by atomic mass is 19.4. The Morgan fingerprint density at radius 2 is 2.20 bits per heavy atom. The number of nitrogens with zero attached hydrogens (tertiary/aromatic N) is 1. The van der Waals surface area contributed by atoms with Gasteiger partial charge >= 0.3 is 6.18 Å². The number of amides is 1. The van der Waals surface area contributed by atoms with E-state index in [1.165, 1.54) is 12.5 Å². The molecule has 0 radical (unpaired) electrons. The number of hydrogen-bond acceptors (Lipinski definition) is 4. The lowest BCUT2D eigenvalue weighted by atomic mass is 10.2. The number of fused-ring (bicyclic) bond motifs is 1. The Hall–Kier alpha value is -2.09. The van der Waals surface area contributed by atoms with E-state index >= 15 is 0 Å². The van der Waals surface area contributed by atoms with Gasteiger partial charge in [0.2, 0.25) is 0 Å². The maximum absolute atomic E-state index is 11.8. The predicted octanol–water partition coefficient (Wildman–Crippen LogP) is 2.14. The van der Waals surface area contributed by atoms with Crippen LogP contribution in [0.2, 0.25) is 0 Å². The molecular formula is C12H11F3N2O3. The minimum atomic E-state index is -4.36. The highest BCUT2D eigenvalue weighted by Gasteiger charge is 2.27. The Morgan fingerprint density at radius 1 is 1.40 bits per heavy atom. The second kappa shape index (κ2) is 5.91. The molecule has 20 heavy (non-hydrogen) atoms. The zero-order chi connectivity index (χ0) is 14.6. The van der Waals surface area contributed by atoms with Crippen LogP contribution in [0.3, 0.4) is 0 Å². The lowest BCUT2D eigenvalue weighted by molar-refractivity contribution is -0.173. The van der Waals surface area contributed by atoms with Crippen molar-refractivity contribution < 1.29 is 27.1 Å². The smallest absolute Gasteiger partial charge is 0.411 e. The fourth-order valence-electron chi connectivity index (χ4n) is 1.53. The Kier molecular flexibility index (Phi) is 4.23. The summed E-state index contributed by atoms with van der Waals surface area (Å²) in [6.45, 7) is -1.54. The van der Waals surface area contributed by atoms with Crippen LogP contribution >= 0.6 is 0 Å². The average molecular weight is 288 g/mol. The van der Waals surface area contributed by atoms with Crippen LogP contribution in [0.1, 0.15) is 10.4 Å². The first-order valence-corrected chi connectivity index (χ1v) is 5.72. The molecule has 1 N–H and O–H groups in total. The highest BCUT2D eigenvalue weighted by molar-refractivity contribution is 5.96. The number of hydrogen-bond donors (Lipinski definition) is 1. The number of carbonyl (C=O) groups excluding carboxylic acids is 1. The second-order valence-corrected chi connectivity index (χ2v) is 3.96. The highest BCUT2D eigenvalue weighted by Crippen LogP contribution is 2.15. The number of ether oxygens (including phenoxy) is 1. The maximum atomic E-state index is 11.8. The largest absolute Gasteiger partial charge is 0.443 e. The lowest BCUT2D eigenvalue weighted by Gasteiger charge is -2.08. The third-order valence-corrected chi connectivity index (χ3v) is 2.39. The van der Waals surface area contributed by atoms with Gasteiger partial charge in [-0.2, -0.15) is 13.2 Å². The fourth-order valence-corrected chi connectivity index (χ4v) is 1.53. The SMILES string of the molecule is O=C(NCCOCC(F)(F)F)c1ccc2ocnc2c1. The van der Waals surface area contributed by atoms with Gasteiger partial charge in [0.1, 0.15) is 12.1 Å². The van der Waals surface area contributed by atoms with Gasteiger partial charge in [-0.1, -0.05) is 0 Å². The Morgan fingerprint density at radius 3 is 2.95 bits per heavy atom. The molecule has 1 aromatic heterocycles. The van der Waals surface area contributed by atoms with Crippen molar-refractivity contribution in [3.8, 4) is 0 Å². The number of halogens is 3. The van der Waals surface area contributed by atoms with E-state index in [2.05, 4.69) is 15.0 Å². The van der Waals surface area contributed by atoms with E-state index in [0.29, 0.717) is 16.7 Å². The minimum Gasteiger partial charge on any atom is -0.443 e. The molecule has 1 aromatic carbocycles. The van der Waals surface area contributed by atoms with Crippen LogP contribution < -0.4 is 5.32 Å².